The number of nitrogens with one attached hydrogen (secondary N) is 1. The number of halogens is 1. The smallest absolute Gasteiger partial charge is 0.251 e. The predicted octanol–water partition coefficient (Wildman–Crippen LogP) is 3.24. The fraction of sp³-hybridized carbons (Fsp3) is 0.316. The van der Waals surface area contributed by atoms with Crippen LogP contribution in [0.25, 0.3) is 0 Å². The lowest BCUT2D eigenvalue weighted by Crippen LogP contribution is -2.37. The summed E-state index contributed by atoms with van der Waals surface area (Å²) in [6, 6.07) is 14.2. The Morgan fingerprint density at radius 2 is 1.88 bits per heavy atom. The van der Waals surface area contributed by atoms with Gasteiger partial charge in [-0.3, -0.25) is 9.10 Å². The number of carbonyl (C=O) groups is 1. The van der Waals surface area contributed by atoms with Crippen molar-refractivity contribution in [1.82, 2.24) is 5.32 Å². The van der Waals surface area contributed by atoms with Gasteiger partial charge in [-0.05, 0) is 61.2 Å². The van der Waals surface area contributed by atoms with Crippen LogP contribution in [0.1, 0.15) is 28.8 Å². The highest BCUT2D eigenvalue weighted by atomic mass is 35.5. The Morgan fingerprint density at radius 3 is 2.58 bits per heavy atom. The van der Waals surface area contributed by atoms with E-state index in [0.717, 1.165) is 12.0 Å². The topological polar surface area (TPSA) is 66.5 Å². The van der Waals surface area contributed by atoms with Crippen LogP contribution in [0, 0.1) is 0 Å². The zero-order valence-electron chi connectivity index (χ0n) is 14.3. The van der Waals surface area contributed by atoms with Gasteiger partial charge in [0, 0.05) is 23.7 Å². The van der Waals surface area contributed by atoms with E-state index in [0.29, 0.717) is 42.2 Å². The minimum atomic E-state index is -3.24. The van der Waals surface area contributed by atoms with E-state index in [4.69, 9.17) is 11.6 Å². The van der Waals surface area contributed by atoms with Gasteiger partial charge in [0.1, 0.15) is 0 Å². The van der Waals surface area contributed by atoms with Crippen molar-refractivity contribution >= 4 is 33.2 Å². The summed E-state index contributed by atoms with van der Waals surface area (Å²) >= 11 is 5.95. The summed E-state index contributed by atoms with van der Waals surface area (Å²) in [5, 5.41) is 3.55. The molecule has 1 aliphatic rings. The van der Waals surface area contributed by atoms with Crippen molar-refractivity contribution < 1.29 is 13.2 Å². The number of amides is 1. The van der Waals surface area contributed by atoms with Crippen LogP contribution >= 0.6 is 11.6 Å². The molecule has 1 heterocycles. The molecule has 0 bridgehead atoms. The van der Waals surface area contributed by atoms with Crippen molar-refractivity contribution in [3.63, 3.8) is 0 Å². The predicted molar refractivity (Wildman–Crippen MR) is 104 cm³/mol. The fourth-order valence-corrected chi connectivity index (χ4v) is 4.83. The zero-order chi connectivity index (χ0) is 18.6. The lowest BCUT2D eigenvalue weighted by Gasteiger charge is -2.28. The lowest BCUT2D eigenvalue weighted by atomic mass is 10.1. The van der Waals surface area contributed by atoms with Crippen LogP contribution in [0.15, 0.2) is 48.5 Å². The second-order valence-corrected chi connectivity index (χ2v) is 8.73. The van der Waals surface area contributed by atoms with E-state index in [1.165, 1.54) is 4.31 Å². The average Bonchev–Trinajstić information content (AvgIpc) is 2.61. The summed E-state index contributed by atoms with van der Waals surface area (Å²) < 4.78 is 25.7. The minimum absolute atomic E-state index is 0.179. The minimum Gasteiger partial charge on any atom is -0.352 e. The van der Waals surface area contributed by atoms with E-state index in [9.17, 15) is 13.2 Å². The molecule has 0 unspecified atom stereocenters. The van der Waals surface area contributed by atoms with Gasteiger partial charge >= 0.3 is 0 Å². The van der Waals surface area contributed by atoms with Crippen LogP contribution in [0.3, 0.4) is 0 Å². The van der Waals surface area contributed by atoms with Crippen LogP contribution in [0.4, 0.5) is 5.69 Å². The molecule has 2 aromatic rings. The first-order valence-electron chi connectivity index (χ1n) is 8.59. The molecule has 5 nitrogen and oxygen atoms in total. The molecule has 0 spiro atoms. The standard InChI is InChI=1S/C19H21ClN2O3S/c20-17-5-3-4-15(14-17)10-11-21-19(23)16-6-8-18(9-7-16)22-12-1-2-13-26(22,24)25/h3-9,14H,1-2,10-13H2,(H,21,23). The molecule has 1 aliphatic heterocycles. The molecule has 1 fully saturated rings. The molecule has 2 aromatic carbocycles. The van der Waals surface area contributed by atoms with Crippen LogP contribution < -0.4 is 9.62 Å². The van der Waals surface area contributed by atoms with Gasteiger partial charge < -0.3 is 5.32 Å². The molecule has 0 radical (unpaired) electrons. The SMILES string of the molecule is O=C(NCCc1cccc(Cl)c1)c1ccc(N2CCCCS2(=O)=O)cc1. The number of hydrogen-bond acceptors (Lipinski definition) is 3. The summed E-state index contributed by atoms with van der Waals surface area (Å²) in [5.74, 6) is -0.00118. The molecule has 1 N–H and O–H groups in total. The lowest BCUT2D eigenvalue weighted by molar-refractivity contribution is 0.0954. The summed E-state index contributed by atoms with van der Waals surface area (Å²) in [6.45, 7) is 0.995. The van der Waals surface area contributed by atoms with E-state index in [-0.39, 0.29) is 11.7 Å². The number of sulfonamides is 1. The van der Waals surface area contributed by atoms with E-state index < -0.39 is 10.0 Å². The summed E-state index contributed by atoms with van der Waals surface area (Å²) in [7, 11) is -3.24. The first kappa shape index (κ1) is 18.7. The highest BCUT2D eigenvalue weighted by molar-refractivity contribution is 7.92. The quantitative estimate of drug-likeness (QED) is 0.849. The van der Waals surface area contributed by atoms with Crippen LogP contribution in [-0.2, 0) is 16.4 Å². The van der Waals surface area contributed by atoms with Crippen LogP contribution in [-0.4, -0.2) is 33.2 Å². The largest absolute Gasteiger partial charge is 0.352 e. The monoisotopic (exact) mass is 392 g/mol. The first-order chi connectivity index (χ1) is 12.5. The van der Waals surface area contributed by atoms with Gasteiger partial charge in [-0.1, -0.05) is 23.7 Å². The third-order valence-electron chi connectivity index (χ3n) is 4.36. The molecule has 1 amide bonds. The first-order valence-corrected chi connectivity index (χ1v) is 10.6. The summed E-state index contributed by atoms with van der Waals surface area (Å²) in [6.07, 6.45) is 2.24. The number of rotatable bonds is 5. The van der Waals surface area contributed by atoms with Crippen molar-refractivity contribution in [3.05, 3.63) is 64.7 Å². The zero-order valence-corrected chi connectivity index (χ0v) is 15.9. The molecule has 3 rings (SSSR count). The molecular formula is C19H21ClN2O3S. The molecular weight excluding hydrogens is 372 g/mol. The number of nitrogens with zero attached hydrogens (tertiary/aromatic N) is 1. The van der Waals surface area contributed by atoms with Crippen molar-refractivity contribution in [2.45, 2.75) is 19.3 Å². The van der Waals surface area contributed by atoms with E-state index in [2.05, 4.69) is 5.32 Å². The van der Waals surface area contributed by atoms with Crippen molar-refractivity contribution in [3.8, 4) is 0 Å². The number of anilines is 1. The van der Waals surface area contributed by atoms with Gasteiger partial charge in [-0.15, -0.1) is 0 Å². The molecule has 26 heavy (non-hydrogen) atoms. The maximum absolute atomic E-state index is 12.2. The average molecular weight is 393 g/mol. The maximum atomic E-state index is 12.2. The van der Waals surface area contributed by atoms with Crippen molar-refractivity contribution in [2.75, 3.05) is 23.1 Å². The molecule has 7 heteroatoms. The Hall–Kier alpha value is -2.05. The van der Waals surface area contributed by atoms with E-state index in [1.54, 1.807) is 24.3 Å². The van der Waals surface area contributed by atoms with Gasteiger partial charge in [-0.25, -0.2) is 8.42 Å². The van der Waals surface area contributed by atoms with Crippen LogP contribution in [0.2, 0.25) is 5.02 Å². The molecule has 0 atom stereocenters. The summed E-state index contributed by atoms with van der Waals surface area (Å²) in [4.78, 5) is 12.2. The summed E-state index contributed by atoms with van der Waals surface area (Å²) in [5.41, 5.74) is 2.18. The number of benzene rings is 2. The Morgan fingerprint density at radius 1 is 1.12 bits per heavy atom. The molecule has 0 aliphatic carbocycles. The van der Waals surface area contributed by atoms with Gasteiger partial charge in [0.25, 0.3) is 5.91 Å². The Kier molecular flexibility index (Phi) is 5.84. The second kappa shape index (κ2) is 8.10. The molecule has 138 valence electrons. The van der Waals surface area contributed by atoms with Crippen molar-refractivity contribution in [1.29, 1.82) is 0 Å². The molecule has 1 saturated heterocycles. The van der Waals surface area contributed by atoms with E-state index >= 15 is 0 Å². The van der Waals surface area contributed by atoms with Gasteiger partial charge in [0.05, 0.1) is 11.4 Å². The Balaban J connectivity index is 1.58. The van der Waals surface area contributed by atoms with Gasteiger partial charge in [0.15, 0.2) is 0 Å². The highest BCUT2D eigenvalue weighted by Crippen LogP contribution is 2.23. The molecule has 0 aromatic heterocycles. The maximum Gasteiger partial charge on any atom is 0.251 e. The fourth-order valence-electron chi connectivity index (χ4n) is 2.97. The third kappa shape index (κ3) is 4.56. The normalized spacial score (nSPS) is 16.3. The van der Waals surface area contributed by atoms with Crippen molar-refractivity contribution in [2.24, 2.45) is 0 Å². The van der Waals surface area contributed by atoms with Gasteiger partial charge in [0.2, 0.25) is 10.0 Å². The van der Waals surface area contributed by atoms with Gasteiger partial charge in [-0.2, -0.15) is 0 Å². The molecule has 0 saturated carbocycles. The highest BCUT2D eigenvalue weighted by Gasteiger charge is 2.25. The second-order valence-electron chi connectivity index (χ2n) is 6.28. The number of carbonyl (C=O) groups excluding carboxylic acids is 1. The van der Waals surface area contributed by atoms with E-state index in [1.807, 2.05) is 24.3 Å². The Labute approximate surface area is 159 Å². The third-order valence-corrected chi connectivity index (χ3v) is 6.46. The Bertz CT molecular complexity index is 882. The number of hydrogen-bond donors (Lipinski definition) is 1. The van der Waals surface area contributed by atoms with Crippen LogP contribution in [0.5, 0.6) is 0 Å².